The molecule has 0 amide bonds. The maximum absolute atomic E-state index is 9.88. The topological polar surface area (TPSA) is 57.2 Å². The monoisotopic (exact) mass is 232 g/mol. The van der Waals surface area contributed by atoms with Gasteiger partial charge in [-0.25, -0.2) is 0 Å². The molecule has 1 aliphatic rings. The molecule has 0 unspecified atom stereocenters. The summed E-state index contributed by atoms with van der Waals surface area (Å²) in [6.45, 7) is 5.70. The Labute approximate surface area is 95.9 Å². The van der Waals surface area contributed by atoms with Crippen LogP contribution in [-0.4, -0.2) is 56.6 Å². The zero-order valence-corrected chi connectivity index (χ0v) is 9.96. The van der Waals surface area contributed by atoms with Crippen LogP contribution in [0.5, 0.6) is 0 Å². The molecule has 0 radical (unpaired) electrons. The molecule has 0 aliphatic carbocycles. The molecule has 0 bridgehead atoms. The first-order chi connectivity index (χ1) is 7.65. The van der Waals surface area contributed by atoms with E-state index >= 15 is 0 Å². The van der Waals surface area contributed by atoms with Crippen LogP contribution in [0.4, 0.5) is 0 Å². The molecular weight excluding hydrogens is 212 g/mol. The molecule has 0 aromatic rings. The van der Waals surface area contributed by atoms with Crippen LogP contribution in [0.1, 0.15) is 6.92 Å². The van der Waals surface area contributed by atoms with Crippen LogP contribution in [0.15, 0.2) is 12.7 Å². The molecule has 5 heteroatoms. The van der Waals surface area contributed by atoms with Gasteiger partial charge in [0.2, 0.25) is 0 Å². The van der Waals surface area contributed by atoms with Gasteiger partial charge in [0.25, 0.3) is 0 Å². The van der Waals surface area contributed by atoms with E-state index in [-0.39, 0.29) is 6.10 Å². The Kier molecular flexibility index (Phi) is 5.37. The molecule has 1 saturated heterocycles. The maximum atomic E-state index is 9.88. The third-order valence-corrected chi connectivity index (χ3v) is 2.68. The minimum Gasteiger partial charge on any atom is -0.388 e. The van der Waals surface area contributed by atoms with Gasteiger partial charge in [-0.15, -0.1) is 6.58 Å². The van der Waals surface area contributed by atoms with E-state index in [2.05, 4.69) is 6.58 Å². The van der Waals surface area contributed by atoms with Gasteiger partial charge in [0.15, 0.2) is 6.29 Å². The smallest absolute Gasteiger partial charge is 0.187 e. The Hall–Kier alpha value is -0.460. The highest BCUT2D eigenvalue weighted by Gasteiger charge is 2.44. The van der Waals surface area contributed by atoms with E-state index < -0.39 is 24.6 Å². The number of rotatable bonds is 5. The van der Waals surface area contributed by atoms with Gasteiger partial charge in [0, 0.05) is 14.2 Å². The van der Waals surface area contributed by atoms with Crippen LogP contribution >= 0.6 is 0 Å². The Bertz CT molecular complexity index is 220. The second-order valence-electron chi connectivity index (χ2n) is 3.72. The Morgan fingerprint density at radius 1 is 1.31 bits per heavy atom. The van der Waals surface area contributed by atoms with E-state index in [4.69, 9.17) is 18.9 Å². The first kappa shape index (κ1) is 13.6. The molecule has 5 atom stereocenters. The van der Waals surface area contributed by atoms with Crippen molar-refractivity contribution in [3.05, 3.63) is 12.7 Å². The van der Waals surface area contributed by atoms with Crippen molar-refractivity contribution in [3.63, 3.8) is 0 Å². The van der Waals surface area contributed by atoms with Gasteiger partial charge in [-0.1, -0.05) is 6.08 Å². The zero-order chi connectivity index (χ0) is 12.1. The summed E-state index contributed by atoms with van der Waals surface area (Å²) in [7, 11) is 3.07. The average Bonchev–Trinajstić information content (AvgIpc) is 2.29. The van der Waals surface area contributed by atoms with Gasteiger partial charge in [-0.3, -0.25) is 0 Å². The van der Waals surface area contributed by atoms with Gasteiger partial charge in [0.1, 0.15) is 18.3 Å². The van der Waals surface area contributed by atoms with Crippen molar-refractivity contribution >= 4 is 0 Å². The lowest BCUT2D eigenvalue weighted by Crippen LogP contribution is -2.58. The molecule has 1 heterocycles. The third-order valence-electron chi connectivity index (χ3n) is 2.68. The normalized spacial score (nSPS) is 39.6. The van der Waals surface area contributed by atoms with Crippen molar-refractivity contribution in [2.24, 2.45) is 0 Å². The molecule has 0 spiro atoms. The van der Waals surface area contributed by atoms with E-state index in [1.54, 1.807) is 13.0 Å². The van der Waals surface area contributed by atoms with Crippen LogP contribution in [0.3, 0.4) is 0 Å². The minimum atomic E-state index is -0.724. The molecule has 0 aromatic heterocycles. The van der Waals surface area contributed by atoms with Crippen LogP contribution in [0.2, 0.25) is 0 Å². The van der Waals surface area contributed by atoms with E-state index in [9.17, 15) is 5.11 Å². The van der Waals surface area contributed by atoms with Crippen molar-refractivity contribution in [3.8, 4) is 0 Å². The lowest BCUT2D eigenvalue weighted by molar-refractivity contribution is -0.299. The predicted octanol–water partition coefficient (Wildman–Crippen LogP) is 0.325. The molecule has 94 valence electrons. The molecule has 0 saturated carbocycles. The summed E-state index contributed by atoms with van der Waals surface area (Å²) in [6, 6.07) is 0. The summed E-state index contributed by atoms with van der Waals surface area (Å²) < 4.78 is 21.4. The molecular formula is C11H20O5. The summed E-state index contributed by atoms with van der Waals surface area (Å²) in [5.41, 5.74) is 0. The van der Waals surface area contributed by atoms with Crippen LogP contribution in [-0.2, 0) is 18.9 Å². The molecule has 1 rings (SSSR count). The number of methoxy groups -OCH3 is 2. The Morgan fingerprint density at radius 3 is 2.44 bits per heavy atom. The fraction of sp³-hybridized carbons (Fsp3) is 0.818. The highest BCUT2D eigenvalue weighted by atomic mass is 16.7. The van der Waals surface area contributed by atoms with E-state index in [1.165, 1.54) is 14.2 Å². The summed E-state index contributed by atoms with van der Waals surface area (Å²) in [5.74, 6) is 0. The summed E-state index contributed by atoms with van der Waals surface area (Å²) in [6.07, 6.45) is -0.899. The quantitative estimate of drug-likeness (QED) is 0.692. The van der Waals surface area contributed by atoms with Gasteiger partial charge in [-0.05, 0) is 6.92 Å². The summed E-state index contributed by atoms with van der Waals surface area (Å²) >= 11 is 0. The van der Waals surface area contributed by atoms with Crippen molar-refractivity contribution in [1.82, 2.24) is 0 Å². The molecule has 1 fully saturated rings. The second kappa shape index (κ2) is 6.32. The Morgan fingerprint density at radius 2 is 1.94 bits per heavy atom. The lowest BCUT2D eigenvalue weighted by Gasteiger charge is -2.42. The van der Waals surface area contributed by atoms with Crippen LogP contribution in [0.25, 0.3) is 0 Å². The molecule has 5 nitrogen and oxygen atoms in total. The van der Waals surface area contributed by atoms with Crippen molar-refractivity contribution in [1.29, 1.82) is 0 Å². The standard InChI is InChI=1S/C11H20O5/c1-5-6-15-11-10(14-4)9(13-3)8(12)7(2)16-11/h5,7-12H,1,6H2,2-4H3/t7-,8+,9-,10-,11-/m1/s1. The van der Waals surface area contributed by atoms with Gasteiger partial charge < -0.3 is 24.1 Å². The maximum Gasteiger partial charge on any atom is 0.187 e. The predicted molar refractivity (Wildman–Crippen MR) is 58.1 cm³/mol. The number of aliphatic hydroxyl groups excluding tert-OH is 1. The van der Waals surface area contributed by atoms with Crippen molar-refractivity contribution < 1.29 is 24.1 Å². The van der Waals surface area contributed by atoms with Gasteiger partial charge in [0.05, 0.1) is 12.7 Å². The third kappa shape index (κ3) is 2.81. The van der Waals surface area contributed by atoms with E-state index in [1.807, 2.05) is 0 Å². The van der Waals surface area contributed by atoms with Crippen LogP contribution in [0, 0.1) is 0 Å². The molecule has 1 aliphatic heterocycles. The number of ether oxygens (including phenoxy) is 4. The first-order valence-electron chi connectivity index (χ1n) is 5.27. The SMILES string of the molecule is C=CCO[C@@H]1O[C@H](C)[C@H](O)[C@@H](OC)[C@H]1OC. The fourth-order valence-electron chi connectivity index (χ4n) is 1.80. The largest absolute Gasteiger partial charge is 0.388 e. The zero-order valence-electron chi connectivity index (χ0n) is 9.96. The second-order valence-corrected chi connectivity index (χ2v) is 3.72. The van der Waals surface area contributed by atoms with Gasteiger partial charge >= 0.3 is 0 Å². The van der Waals surface area contributed by atoms with Crippen molar-refractivity contribution in [2.75, 3.05) is 20.8 Å². The number of hydrogen-bond acceptors (Lipinski definition) is 5. The average molecular weight is 232 g/mol. The fourth-order valence-corrected chi connectivity index (χ4v) is 1.80. The lowest BCUT2D eigenvalue weighted by atomic mass is 9.99. The number of hydrogen-bond donors (Lipinski definition) is 1. The Balaban J connectivity index is 2.71. The molecule has 1 N–H and O–H groups in total. The van der Waals surface area contributed by atoms with Gasteiger partial charge in [-0.2, -0.15) is 0 Å². The van der Waals surface area contributed by atoms with Crippen molar-refractivity contribution in [2.45, 2.75) is 37.6 Å². The molecule has 16 heavy (non-hydrogen) atoms. The van der Waals surface area contributed by atoms with E-state index in [0.717, 1.165) is 0 Å². The highest BCUT2D eigenvalue weighted by molar-refractivity contribution is 4.89. The minimum absolute atomic E-state index is 0.355. The van der Waals surface area contributed by atoms with Crippen LogP contribution < -0.4 is 0 Å². The highest BCUT2D eigenvalue weighted by Crippen LogP contribution is 2.25. The summed E-state index contributed by atoms with van der Waals surface area (Å²) in [4.78, 5) is 0. The molecule has 0 aromatic carbocycles. The first-order valence-corrected chi connectivity index (χ1v) is 5.27. The number of aliphatic hydroxyl groups is 1. The summed E-state index contributed by atoms with van der Waals surface area (Å²) in [5, 5.41) is 9.88. The van der Waals surface area contributed by atoms with E-state index in [0.29, 0.717) is 6.61 Å².